The van der Waals surface area contributed by atoms with E-state index < -0.39 is 5.60 Å². The summed E-state index contributed by atoms with van der Waals surface area (Å²) in [5.74, 6) is -0.342. The number of ether oxygens (including phenoxy) is 1. The number of aromatic nitrogens is 1. The maximum Gasteiger partial charge on any atom is 0.410 e. The third-order valence-corrected chi connectivity index (χ3v) is 3.21. The lowest BCUT2D eigenvalue weighted by atomic mass is 10.1. The summed E-state index contributed by atoms with van der Waals surface area (Å²) in [7, 11) is 0. The Labute approximate surface area is 124 Å². The topological polar surface area (TPSA) is 54.5 Å². The molecule has 0 saturated carbocycles. The number of rotatable bonds is 3. The van der Waals surface area contributed by atoms with Crippen molar-refractivity contribution in [3.63, 3.8) is 0 Å². The van der Waals surface area contributed by atoms with Crippen molar-refractivity contribution in [2.24, 2.45) is 0 Å². The molecule has 0 spiro atoms. The van der Waals surface area contributed by atoms with Crippen molar-refractivity contribution in [1.82, 2.24) is 15.2 Å². The number of carbonyl (C=O) groups excluding carboxylic acids is 1. The van der Waals surface area contributed by atoms with Gasteiger partial charge in [0.2, 0.25) is 0 Å². The molecule has 1 saturated heterocycles. The Bertz CT molecular complexity index is 493. The van der Waals surface area contributed by atoms with Gasteiger partial charge in [-0.1, -0.05) is 0 Å². The minimum Gasteiger partial charge on any atom is -0.444 e. The van der Waals surface area contributed by atoms with Crippen LogP contribution in [0, 0.1) is 5.82 Å². The van der Waals surface area contributed by atoms with Gasteiger partial charge >= 0.3 is 6.09 Å². The van der Waals surface area contributed by atoms with Gasteiger partial charge in [0, 0.05) is 25.2 Å². The van der Waals surface area contributed by atoms with Gasteiger partial charge in [-0.3, -0.25) is 4.98 Å². The molecule has 1 aliphatic heterocycles. The van der Waals surface area contributed by atoms with E-state index in [1.54, 1.807) is 11.0 Å². The van der Waals surface area contributed by atoms with Crippen molar-refractivity contribution in [3.8, 4) is 0 Å². The van der Waals surface area contributed by atoms with Crippen molar-refractivity contribution in [1.29, 1.82) is 0 Å². The lowest BCUT2D eigenvalue weighted by Gasteiger charge is -2.41. The average Bonchev–Trinajstić information content (AvgIpc) is 2.31. The molecule has 0 aromatic carbocycles. The molecule has 1 fully saturated rings. The minimum atomic E-state index is -0.471. The van der Waals surface area contributed by atoms with Gasteiger partial charge in [-0.05, 0) is 39.8 Å². The maximum absolute atomic E-state index is 12.8. The predicted octanol–water partition coefficient (Wildman–Crippen LogP) is 2.49. The summed E-state index contributed by atoms with van der Waals surface area (Å²) in [5.41, 5.74) is 0.313. The molecule has 1 aromatic heterocycles. The first-order chi connectivity index (χ1) is 9.74. The van der Waals surface area contributed by atoms with Gasteiger partial charge in [0.1, 0.15) is 11.4 Å². The van der Waals surface area contributed by atoms with Crippen molar-refractivity contribution < 1.29 is 13.9 Å². The van der Waals surface area contributed by atoms with Gasteiger partial charge in [-0.15, -0.1) is 0 Å². The van der Waals surface area contributed by atoms with Gasteiger partial charge in [0.15, 0.2) is 0 Å². The second kappa shape index (κ2) is 5.97. The molecule has 1 amide bonds. The minimum absolute atomic E-state index is 0.0105. The smallest absolute Gasteiger partial charge is 0.410 e. The normalized spacial score (nSPS) is 17.3. The number of hydrogen-bond acceptors (Lipinski definition) is 4. The third-order valence-electron chi connectivity index (χ3n) is 3.21. The van der Waals surface area contributed by atoms with Crippen LogP contribution in [0.5, 0.6) is 0 Å². The number of amides is 1. The summed E-state index contributed by atoms with van der Waals surface area (Å²) in [5, 5.41) is 3.37. The summed E-state index contributed by atoms with van der Waals surface area (Å²) in [4.78, 5) is 17.5. The monoisotopic (exact) mass is 295 g/mol. The van der Waals surface area contributed by atoms with Crippen LogP contribution in [0.4, 0.5) is 9.18 Å². The van der Waals surface area contributed by atoms with Crippen LogP contribution in [-0.4, -0.2) is 40.7 Å². The Balaban J connectivity index is 1.77. The number of nitrogens with one attached hydrogen (secondary N) is 1. The predicted molar refractivity (Wildman–Crippen MR) is 77.3 cm³/mol. The van der Waals surface area contributed by atoms with E-state index in [-0.39, 0.29) is 24.0 Å². The molecule has 5 nitrogen and oxygen atoms in total. The van der Waals surface area contributed by atoms with Crippen LogP contribution in [0.2, 0.25) is 0 Å². The first kappa shape index (κ1) is 15.7. The zero-order valence-electron chi connectivity index (χ0n) is 12.9. The van der Waals surface area contributed by atoms with E-state index in [4.69, 9.17) is 4.74 Å². The Morgan fingerprint density at radius 2 is 2.14 bits per heavy atom. The second-order valence-corrected chi connectivity index (χ2v) is 6.37. The van der Waals surface area contributed by atoms with Gasteiger partial charge in [0.05, 0.1) is 11.9 Å². The van der Waals surface area contributed by atoms with E-state index >= 15 is 0 Å². The van der Waals surface area contributed by atoms with Crippen molar-refractivity contribution in [2.45, 2.75) is 45.4 Å². The van der Waals surface area contributed by atoms with Crippen LogP contribution in [0.3, 0.4) is 0 Å². The van der Waals surface area contributed by atoms with E-state index in [9.17, 15) is 9.18 Å². The van der Waals surface area contributed by atoms with Crippen LogP contribution in [0.1, 0.15) is 39.4 Å². The first-order valence-corrected chi connectivity index (χ1v) is 7.10. The Kier molecular flexibility index (Phi) is 4.46. The molecule has 0 unspecified atom stereocenters. The summed E-state index contributed by atoms with van der Waals surface area (Å²) in [6, 6.07) is 3.28. The van der Waals surface area contributed by atoms with Crippen LogP contribution in [0.15, 0.2) is 18.3 Å². The van der Waals surface area contributed by atoms with Crippen LogP contribution in [-0.2, 0) is 4.74 Å². The van der Waals surface area contributed by atoms with Gasteiger partial charge < -0.3 is 15.0 Å². The largest absolute Gasteiger partial charge is 0.444 e. The zero-order chi connectivity index (χ0) is 15.6. The molecule has 1 aliphatic rings. The highest BCUT2D eigenvalue weighted by atomic mass is 19.1. The van der Waals surface area contributed by atoms with E-state index in [0.29, 0.717) is 13.1 Å². The standard InChI is InChI=1S/C15H22FN3O2/c1-10(13-6-5-11(16)7-17-13)18-12-8-19(9-12)14(20)21-15(2,3)4/h5-7,10,12,18H,8-9H2,1-4H3/t10-/m0/s1. The number of nitrogens with zero attached hydrogens (tertiary/aromatic N) is 2. The molecule has 0 radical (unpaired) electrons. The highest BCUT2D eigenvalue weighted by Gasteiger charge is 2.34. The SMILES string of the molecule is C[C@H](NC1CN(C(=O)OC(C)(C)C)C1)c1ccc(F)cn1. The van der Waals surface area contributed by atoms with E-state index in [1.807, 2.05) is 27.7 Å². The zero-order valence-corrected chi connectivity index (χ0v) is 12.9. The van der Waals surface area contributed by atoms with Gasteiger partial charge in [0.25, 0.3) is 0 Å². The molecule has 21 heavy (non-hydrogen) atoms. The second-order valence-electron chi connectivity index (χ2n) is 6.37. The third kappa shape index (κ3) is 4.39. The van der Waals surface area contributed by atoms with Crippen LogP contribution in [0.25, 0.3) is 0 Å². The fourth-order valence-electron chi connectivity index (χ4n) is 2.14. The molecule has 1 atom stereocenters. The lowest BCUT2D eigenvalue weighted by Crippen LogP contribution is -2.60. The number of likely N-dealkylation sites (tertiary alicyclic amines) is 1. The van der Waals surface area contributed by atoms with Crippen molar-refractivity contribution in [3.05, 3.63) is 29.8 Å². The van der Waals surface area contributed by atoms with Crippen molar-refractivity contribution >= 4 is 6.09 Å². The molecule has 6 heteroatoms. The molecule has 0 bridgehead atoms. The summed E-state index contributed by atoms with van der Waals surface area (Å²) >= 11 is 0. The van der Waals surface area contributed by atoms with Crippen molar-refractivity contribution in [2.75, 3.05) is 13.1 Å². The number of hydrogen-bond donors (Lipinski definition) is 1. The quantitative estimate of drug-likeness (QED) is 0.931. The summed E-state index contributed by atoms with van der Waals surface area (Å²) in [6.45, 7) is 8.74. The molecule has 116 valence electrons. The molecule has 0 aliphatic carbocycles. The van der Waals surface area contributed by atoms with E-state index in [0.717, 1.165) is 5.69 Å². The van der Waals surface area contributed by atoms with Crippen LogP contribution < -0.4 is 5.32 Å². The molecule has 2 heterocycles. The number of halogens is 1. The molecule has 2 rings (SSSR count). The number of pyridine rings is 1. The molecular weight excluding hydrogens is 273 g/mol. The van der Waals surface area contributed by atoms with E-state index in [1.165, 1.54) is 12.3 Å². The lowest BCUT2D eigenvalue weighted by molar-refractivity contribution is 0.00429. The molecule has 1 N–H and O–H groups in total. The van der Waals surface area contributed by atoms with Crippen LogP contribution >= 0.6 is 0 Å². The molecular formula is C15H22FN3O2. The summed E-state index contributed by atoms with van der Waals surface area (Å²) in [6.07, 6.45) is 0.925. The first-order valence-electron chi connectivity index (χ1n) is 7.10. The Morgan fingerprint density at radius 3 is 2.67 bits per heavy atom. The fourth-order valence-corrected chi connectivity index (χ4v) is 2.14. The van der Waals surface area contributed by atoms with Gasteiger partial charge in [-0.25, -0.2) is 9.18 Å². The highest BCUT2D eigenvalue weighted by molar-refractivity contribution is 5.69. The summed E-state index contributed by atoms with van der Waals surface area (Å²) < 4.78 is 18.1. The van der Waals surface area contributed by atoms with Gasteiger partial charge in [-0.2, -0.15) is 0 Å². The number of carbonyl (C=O) groups is 1. The maximum atomic E-state index is 12.8. The molecule has 1 aromatic rings. The fraction of sp³-hybridized carbons (Fsp3) is 0.600. The Morgan fingerprint density at radius 1 is 1.48 bits per heavy atom. The average molecular weight is 295 g/mol. The van der Waals surface area contributed by atoms with E-state index in [2.05, 4.69) is 10.3 Å². The highest BCUT2D eigenvalue weighted by Crippen LogP contribution is 2.18. The Hall–Kier alpha value is -1.69.